The summed E-state index contributed by atoms with van der Waals surface area (Å²) < 4.78 is 5.12. The number of anilines is 1. The minimum absolute atomic E-state index is 0.0972. The van der Waals surface area contributed by atoms with Gasteiger partial charge < -0.3 is 21.1 Å². The summed E-state index contributed by atoms with van der Waals surface area (Å²) in [6.07, 6.45) is 3.43. The molecule has 22 heavy (non-hydrogen) atoms. The zero-order chi connectivity index (χ0) is 16.1. The second kappa shape index (κ2) is 7.26. The molecule has 0 radical (unpaired) electrons. The van der Waals surface area contributed by atoms with Crippen LogP contribution in [0, 0.1) is 5.92 Å². The van der Waals surface area contributed by atoms with E-state index in [-0.39, 0.29) is 23.8 Å². The molecule has 1 fully saturated rings. The van der Waals surface area contributed by atoms with Crippen LogP contribution >= 0.6 is 0 Å². The smallest absolute Gasteiger partial charge is 0.253 e. The van der Waals surface area contributed by atoms with Gasteiger partial charge in [-0.1, -0.05) is 6.42 Å². The van der Waals surface area contributed by atoms with Crippen LogP contribution < -0.4 is 21.1 Å². The van der Waals surface area contributed by atoms with Gasteiger partial charge in [-0.15, -0.1) is 0 Å². The van der Waals surface area contributed by atoms with Gasteiger partial charge in [-0.25, -0.2) is 0 Å². The van der Waals surface area contributed by atoms with E-state index in [9.17, 15) is 9.59 Å². The summed E-state index contributed by atoms with van der Waals surface area (Å²) in [4.78, 5) is 24.1. The average molecular weight is 305 g/mol. The zero-order valence-corrected chi connectivity index (χ0v) is 13.0. The van der Waals surface area contributed by atoms with Gasteiger partial charge in [0.2, 0.25) is 5.91 Å². The number of carbonyl (C=O) groups excluding carboxylic acids is 2. The lowest BCUT2D eigenvalue weighted by Gasteiger charge is -2.16. The second-order valence-corrected chi connectivity index (χ2v) is 5.60. The molecular weight excluding hydrogens is 282 g/mol. The quantitative estimate of drug-likeness (QED) is 0.768. The molecule has 6 nitrogen and oxygen atoms in total. The summed E-state index contributed by atoms with van der Waals surface area (Å²) in [6.45, 7) is 0. The first kappa shape index (κ1) is 16.3. The predicted octanol–water partition coefficient (Wildman–Crippen LogP) is 1.51. The molecule has 0 aromatic heterocycles. The second-order valence-electron chi connectivity index (χ2n) is 5.60. The average Bonchev–Trinajstić information content (AvgIpc) is 2.92. The molecule has 120 valence electrons. The number of amides is 2. The Hall–Kier alpha value is -2.08. The van der Waals surface area contributed by atoms with Crippen LogP contribution in [0.2, 0.25) is 0 Å². The molecule has 0 bridgehead atoms. The van der Waals surface area contributed by atoms with Gasteiger partial charge in [0.05, 0.1) is 18.4 Å². The molecule has 2 rings (SSSR count). The van der Waals surface area contributed by atoms with E-state index in [1.54, 1.807) is 25.2 Å². The molecule has 0 unspecified atom stereocenters. The summed E-state index contributed by atoms with van der Waals surface area (Å²) in [5.41, 5.74) is 6.86. The van der Waals surface area contributed by atoms with Crippen LogP contribution in [0.15, 0.2) is 18.2 Å². The minimum Gasteiger partial charge on any atom is -0.497 e. The van der Waals surface area contributed by atoms with Crippen molar-refractivity contribution < 1.29 is 14.3 Å². The van der Waals surface area contributed by atoms with E-state index < -0.39 is 0 Å². The summed E-state index contributed by atoms with van der Waals surface area (Å²) in [5, 5.41) is 5.37. The first-order chi connectivity index (χ1) is 10.5. The fraction of sp³-hybridized carbons (Fsp3) is 0.500. The molecule has 0 aliphatic heterocycles. The number of benzene rings is 1. The number of ether oxygens (including phenoxy) is 1. The van der Waals surface area contributed by atoms with E-state index >= 15 is 0 Å². The monoisotopic (exact) mass is 305 g/mol. The fourth-order valence-corrected chi connectivity index (χ4v) is 2.84. The van der Waals surface area contributed by atoms with Gasteiger partial charge in [0.25, 0.3) is 5.91 Å². The number of carbonyl (C=O) groups is 2. The molecule has 1 aliphatic rings. The minimum atomic E-state index is -0.272. The summed E-state index contributed by atoms with van der Waals surface area (Å²) in [7, 11) is 3.08. The van der Waals surface area contributed by atoms with Crippen LogP contribution in [0.5, 0.6) is 5.75 Å². The van der Waals surface area contributed by atoms with Gasteiger partial charge in [0, 0.05) is 19.5 Å². The van der Waals surface area contributed by atoms with E-state index in [1.165, 1.54) is 7.11 Å². The van der Waals surface area contributed by atoms with Crippen molar-refractivity contribution in [1.82, 2.24) is 5.32 Å². The lowest BCUT2D eigenvalue weighted by atomic mass is 9.99. The number of rotatable bonds is 5. The Bertz CT molecular complexity index is 560. The molecule has 1 saturated carbocycles. The van der Waals surface area contributed by atoms with Crippen molar-refractivity contribution in [2.45, 2.75) is 31.7 Å². The van der Waals surface area contributed by atoms with E-state index in [4.69, 9.17) is 10.5 Å². The lowest BCUT2D eigenvalue weighted by Crippen LogP contribution is -2.29. The molecule has 0 spiro atoms. The third-order valence-electron chi connectivity index (χ3n) is 4.14. The molecule has 2 atom stereocenters. The van der Waals surface area contributed by atoms with Crippen molar-refractivity contribution >= 4 is 17.5 Å². The topological polar surface area (TPSA) is 93.5 Å². The third kappa shape index (κ3) is 3.76. The molecule has 4 N–H and O–H groups in total. The number of nitrogens with two attached hydrogens (primary N) is 1. The van der Waals surface area contributed by atoms with Crippen LogP contribution in [0.1, 0.15) is 36.0 Å². The van der Waals surface area contributed by atoms with Crippen LogP contribution in [0.25, 0.3) is 0 Å². The molecule has 2 amide bonds. The van der Waals surface area contributed by atoms with Gasteiger partial charge in [0.1, 0.15) is 5.75 Å². The van der Waals surface area contributed by atoms with E-state index in [1.807, 2.05) is 0 Å². The maximum absolute atomic E-state index is 12.2. The standard InChI is InChI=1S/C16H23N3O3/c1-18-16(21)12-9-11(22-2)6-7-14(12)19-15(20)8-10-4-3-5-13(10)17/h6-7,9-10,13H,3-5,8,17H2,1-2H3,(H,18,21)(H,19,20)/t10-,13+/m0/s1. The lowest BCUT2D eigenvalue weighted by molar-refractivity contribution is -0.117. The number of hydrogen-bond acceptors (Lipinski definition) is 4. The molecule has 1 aromatic rings. The number of methoxy groups -OCH3 is 1. The Kier molecular flexibility index (Phi) is 5.38. The molecular formula is C16H23N3O3. The van der Waals surface area contributed by atoms with Crippen molar-refractivity contribution in [3.8, 4) is 5.75 Å². The molecule has 0 heterocycles. The summed E-state index contributed by atoms with van der Waals surface area (Å²) in [6, 6.07) is 5.09. The van der Waals surface area contributed by atoms with Crippen molar-refractivity contribution in [3.63, 3.8) is 0 Å². The van der Waals surface area contributed by atoms with Gasteiger partial charge in [-0.3, -0.25) is 9.59 Å². The summed E-state index contributed by atoms with van der Waals surface area (Å²) >= 11 is 0. The van der Waals surface area contributed by atoms with Crippen molar-refractivity contribution in [2.75, 3.05) is 19.5 Å². The van der Waals surface area contributed by atoms with Crippen molar-refractivity contribution in [1.29, 1.82) is 0 Å². The maximum atomic E-state index is 12.2. The largest absolute Gasteiger partial charge is 0.497 e. The van der Waals surface area contributed by atoms with E-state index in [0.29, 0.717) is 23.4 Å². The first-order valence-corrected chi connectivity index (χ1v) is 7.50. The van der Waals surface area contributed by atoms with Gasteiger partial charge in [-0.2, -0.15) is 0 Å². The molecule has 6 heteroatoms. The van der Waals surface area contributed by atoms with Crippen molar-refractivity contribution in [2.24, 2.45) is 11.7 Å². The van der Waals surface area contributed by atoms with Crippen LogP contribution in [0.4, 0.5) is 5.69 Å². The Labute approximate surface area is 130 Å². The van der Waals surface area contributed by atoms with Gasteiger partial charge in [0.15, 0.2) is 0 Å². The highest BCUT2D eigenvalue weighted by Gasteiger charge is 2.26. The zero-order valence-electron chi connectivity index (χ0n) is 13.0. The Morgan fingerprint density at radius 3 is 2.73 bits per heavy atom. The van der Waals surface area contributed by atoms with Crippen LogP contribution in [-0.2, 0) is 4.79 Å². The third-order valence-corrected chi connectivity index (χ3v) is 4.14. The van der Waals surface area contributed by atoms with Gasteiger partial charge >= 0.3 is 0 Å². The number of nitrogens with one attached hydrogen (secondary N) is 2. The van der Waals surface area contributed by atoms with Crippen LogP contribution in [-0.4, -0.2) is 32.0 Å². The SMILES string of the molecule is CNC(=O)c1cc(OC)ccc1NC(=O)C[C@@H]1CCC[C@H]1N. The number of hydrogen-bond donors (Lipinski definition) is 3. The maximum Gasteiger partial charge on any atom is 0.253 e. The molecule has 0 saturated heterocycles. The normalized spacial score (nSPS) is 20.5. The van der Waals surface area contributed by atoms with Crippen molar-refractivity contribution in [3.05, 3.63) is 23.8 Å². The van der Waals surface area contributed by atoms with Gasteiger partial charge in [-0.05, 0) is 37.0 Å². The predicted molar refractivity (Wildman–Crippen MR) is 84.9 cm³/mol. The first-order valence-electron chi connectivity index (χ1n) is 7.50. The highest BCUT2D eigenvalue weighted by Crippen LogP contribution is 2.28. The highest BCUT2D eigenvalue weighted by atomic mass is 16.5. The Morgan fingerprint density at radius 1 is 1.36 bits per heavy atom. The van der Waals surface area contributed by atoms with E-state index in [0.717, 1.165) is 19.3 Å². The Balaban J connectivity index is 2.10. The fourth-order valence-electron chi connectivity index (χ4n) is 2.84. The highest BCUT2D eigenvalue weighted by molar-refractivity contribution is 6.04. The Morgan fingerprint density at radius 2 is 2.14 bits per heavy atom. The molecule has 1 aliphatic carbocycles. The molecule has 1 aromatic carbocycles. The summed E-state index contributed by atoms with van der Waals surface area (Å²) in [5.74, 6) is 0.403. The van der Waals surface area contributed by atoms with E-state index in [2.05, 4.69) is 10.6 Å². The van der Waals surface area contributed by atoms with Crippen LogP contribution in [0.3, 0.4) is 0 Å².